The zero-order valence-corrected chi connectivity index (χ0v) is 10.4. The first-order chi connectivity index (χ1) is 8.05. The Kier molecular flexibility index (Phi) is 3.47. The van der Waals surface area contributed by atoms with Gasteiger partial charge in [0.15, 0.2) is 5.79 Å². The molecule has 4 heteroatoms. The molecule has 17 heavy (non-hydrogen) atoms. The Morgan fingerprint density at radius 3 is 2.53 bits per heavy atom. The van der Waals surface area contributed by atoms with Crippen molar-refractivity contribution in [2.75, 3.05) is 20.3 Å². The molecule has 0 amide bonds. The van der Waals surface area contributed by atoms with Crippen molar-refractivity contribution in [2.24, 2.45) is 0 Å². The van der Waals surface area contributed by atoms with E-state index in [0.29, 0.717) is 18.8 Å². The van der Waals surface area contributed by atoms with Gasteiger partial charge in [-0.2, -0.15) is 0 Å². The third kappa shape index (κ3) is 2.49. The molecule has 1 saturated heterocycles. The number of likely N-dealkylation sites (N-methyl/N-ethyl adjacent to an activating group) is 1. The molecule has 1 N–H and O–H groups in total. The summed E-state index contributed by atoms with van der Waals surface area (Å²) in [4.78, 5) is 0. The Hall–Kier alpha value is -0.970. The molecule has 1 aliphatic rings. The lowest BCUT2D eigenvalue weighted by Crippen LogP contribution is -2.47. The molecule has 1 aromatic rings. The van der Waals surface area contributed by atoms with E-state index in [1.54, 1.807) is 19.1 Å². The molecule has 1 aromatic carbocycles. The number of hydrogen-bond donors (Lipinski definition) is 1. The first kappa shape index (κ1) is 12.5. The predicted octanol–water partition coefficient (Wildman–Crippen LogP) is 1.94. The quantitative estimate of drug-likeness (QED) is 0.855. The van der Waals surface area contributed by atoms with E-state index in [2.05, 4.69) is 5.32 Å². The van der Waals surface area contributed by atoms with E-state index in [-0.39, 0.29) is 11.9 Å². The third-order valence-corrected chi connectivity index (χ3v) is 3.21. The van der Waals surface area contributed by atoms with Gasteiger partial charge in [-0.1, -0.05) is 6.07 Å². The van der Waals surface area contributed by atoms with Gasteiger partial charge in [-0.15, -0.1) is 0 Å². The molecule has 3 nitrogen and oxygen atoms in total. The van der Waals surface area contributed by atoms with Gasteiger partial charge in [0.25, 0.3) is 0 Å². The summed E-state index contributed by atoms with van der Waals surface area (Å²) >= 11 is 0. The van der Waals surface area contributed by atoms with Gasteiger partial charge in [-0.25, -0.2) is 4.39 Å². The van der Waals surface area contributed by atoms with E-state index in [1.165, 1.54) is 6.07 Å². The Bertz CT molecular complexity index is 400. The van der Waals surface area contributed by atoms with E-state index in [1.807, 2.05) is 14.0 Å². The lowest BCUT2D eigenvalue weighted by Gasteiger charge is -2.38. The molecule has 0 radical (unpaired) electrons. The second kappa shape index (κ2) is 4.72. The standard InChI is InChI=1S/C13H18FNO2/c1-9-6-10(4-5-12(9)14)13(2)16-7-11(15-3)8-17-13/h4-6,11,15H,7-8H2,1-3H3. The summed E-state index contributed by atoms with van der Waals surface area (Å²) in [6, 6.07) is 5.15. The molecule has 2 rings (SSSR count). The first-order valence-corrected chi connectivity index (χ1v) is 5.77. The van der Waals surface area contributed by atoms with Crippen molar-refractivity contribution in [1.29, 1.82) is 0 Å². The Morgan fingerprint density at radius 2 is 2.00 bits per heavy atom. The van der Waals surface area contributed by atoms with Gasteiger partial charge in [-0.3, -0.25) is 0 Å². The highest BCUT2D eigenvalue weighted by molar-refractivity contribution is 5.27. The van der Waals surface area contributed by atoms with Gasteiger partial charge < -0.3 is 14.8 Å². The monoisotopic (exact) mass is 239 g/mol. The summed E-state index contributed by atoms with van der Waals surface area (Å²) in [6.45, 7) is 4.78. The van der Waals surface area contributed by atoms with Crippen molar-refractivity contribution in [3.05, 3.63) is 35.1 Å². The van der Waals surface area contributed by atoms with Crippen molar-refractivity contribution in [1.82, 2.24) is 5.32 Å². The fraction of sp³-hybridized carbons (Fsp3) is 0.538. The van der Waals surface area contributed by atoms with Gasteiger partial charge in [-0.05, 0) is 38.6 Å². The van der Waals surface area contributed by atoms with Crippen molar-refractivity contribution in [2.45, 2.75) is 25.7 Å². The first-order valence-electron chi connectivity index (χ1n) is 5.77. The smallest absolute Gasteiger partial charge is 0.192 e. The molecule has 0 atom stereocenters. The van der Waals surface area contributed by atoms with Crippen molar-refractivity contribution < 1.29 is 13.9 Å². The molecule has 94 valence electrons. The van der Waals surface area contributed by atoms with Gasteiger partial charge in [0.05, 0.1) is 19.3 Å². The molecule has 0 aliphatic carbocycles. The molecule has 1 aliphatic heterocycles. The highest BCUT2D eigenvalue weighted by Gasteiger charge is 2.34. The summed E-state index contributed by atoms with van der Waals surface area (Å²) in [6.07, 6.45) is 0. The van der Waals surface area contributed by atoms with Gasteiger partial charge in [0.1, 0.15) is 5.82 Å². The van der Waals surface area contributed by atoms with Gasteiger partial charge in [0.2, 0.25) is 0 Å². The van der Waals surface area contributed by atoms with Crippen LogP contribution in [0.25, 0.3) is 0 Å². The molecule has 0 unspecified atom stereocenters. The zero-order chi connectivity index (χ0) is 12.5. The topological polar surface area (TPSA) is 30.5 Å². The number of rotatable bonds is 2. The number of ether oxygens (including phenoxy) is 2. The number of aryl methyl sites for hydroxylation is 1. The van der Waals surface area contributed by atoms with E-state index < -0.39 is 5.79 Å². The summed E-state index contributed by atoms with van der Waals surface area (Å²) in [5.41, 5.74) is 1.46. The Labute approximate surface area is 101 Å². The largest absolute Gasteiger partial charge is 0.344 e. The van der Waals surface area contributed by atoms with E-state index in [4.69, 9.17) is 9.47 Å². The molecule has 0 bridgehead atoms. The van der Waals surface area contributed by atoms with Gasteiger partial charge in [0, 0.05) is 5.56 Å². The normalized spacial score (nSPS) is 29.3. The average Bonchev–Trinajstić information content (AvgIpc) is 2.33. The van der Waals surface area contributed by atoms with Crippen LogP contribution in [-0.4, -0.2) is 26.3 Å². The van der Waals surface area contributed by atoms with Crippen LogP contribution < -0.4 is 5.32 Å². The number of nitrogens with one attached hydrogen (secondary N) is 1. The minimum atomic E-state index is -0.772. The van der Waals surface area contributed by atoms with Crippen LogP contribution in [0.1, 0.15) is 18.1 Å². The Balaban J connectivity index is 2.18. The predicted molar refractivity (Wildman–Crippen MR) is 63.2 cm³/mol. The van der Waals surface area contributed by atoms with E-state index >= 15 is 0 Å². The fourth-order valence-electron chi connectivity index (χ4n) is 1.87. The van der Waals surface area contributed by atoms with Crippen LogP contribution in [-0.2, 0) is 15.3 Å². The SMILES string of the molecule is CNC1COC(C)(c2ccc(F)c(C)c2)OC1. The molecular formula is C13H18FNO2. The zero-order valence-electron chi connectivity index (χ0n) is 10.4. The van der Waals surface area contributed by atoms with Crippen molar-refractivity contribution in [3.8, 4) is 0 Å². The lowest BCUT2D eigenvalue weighted by molar-refractivity contribution is -0.272. The number of hydrogen-bond acceptors (Lipinski definition) is 3. The van der Waals surface area contributed by atoms with Crippen molar-refractivity contribution in [3.63, 3.8) is 0 Å². The maximum atomic E-state index is 13.2. The highest BCUT2D eigenvalue weighted by atomic mass is 19.1. The molecule has 1 heterocycles. The lowest BCUT2D eigenvalue weighted by atomic mass is 10.0. The minimum Gasteiger partial charge on any atom is -0.344 e. The molecule has 0 aromatic heterocycles. The van der Waals surface area contributed by atoms with Crippen LogP contribution in [0.5, 0.6) is 0 Å². The summed E-state index contributed by atoms with van der Waals surface area (Å²) < 4.78 is 24.7. The van der Waals surface area contributed by atoms with Crippen LogP contribution in [0.2, 0.25) is 0 Å². The maximum Gasteiger partial charge on any atom is 0.192 e. The molecule has 1 fully saturated rings. The molecular weight excluding hydrogens is 221 g/mol. The molecule has 0 saturated carbocycles. The average molecular weight is 239 g/mol. The number of halogens is 1. The van der Waals surface area contributed by atoms with Crippen LogP contribution in [0, 0.1) is 12.7 Å². The van der Waals surface area contributed by atoms with E-state index in [9.17, 15) is 4.39 Å². The molecule has 0 spiro atoms. The summed E-state index contributed by atoms with van der Waals surface area (Å²) in [5.74, 6) is -0.979. The maximum absolute atomic E-state index is 13.2. The fourth-order valence-corrected chi connectivity index (χ4v) is 1.87. The van der Waals surface area contributed by atoms with Crippen LogP contribution in [0.15, 0.2) is 18.2 Å². The van der Waals surface area contributed by atoms with Crippen molar-refractivity contribution >= 4 is 0 Å². The second-order valence-electron chi connectivity index (χ2n) is 4.52. The summed E-state index contributed by atoms with van der Waals surface area (Å²) in [5, 5.41) is 3.10. The minimum absolute atomic E-state index is 0.207. The van der Waals surface area contributed by atoms with Gasteiger partial charge >= 0.3 is 0 Å². The van der Waals surface area contributed by atoms with Crippen LogP contribution in [0.3, 0.4) is 0 Å². The number of benzene rings is 1. The highest BCUT2D eigenvalue weighted by Crippen LogP contribution is 2.31. The van der Waals surface area contributed by atoms with Crippen LogP contribution in [0.4, 0.5) is 4.39 Å². The summed E-state index contributed by atoms with van der Waals surface area (Å²) in [7, 11) is 1.88. The Morgan fingerprint density at radius 1 is 1.35 bits per heavy atom. The third-order valence-electron chi connectivity index (χ3n) is 3.21. The van der Waals surface area contributed by atoms with Crippen LogP contribution >= 0.6 is 0 Å². The second-order valence-corrected chi connectivity index (χ2v) is 4.52. The van der Waals surface area contributed by atoms with E-state index in [0.717, 1.165) is 5.56 Å².